The number of fused-ring (bicyclic) bond motifs is 1. The number of Topliss-reactive ketones (excluding diaryl/α,β-unsaturated/α-hetero) is 1. The molecule has 0 unspecified atom stereocenters. The van der Waals surface area contributed by atoms with Crippen molar-refractivity contribution in [2.24, 2.45) is 17.8 Å². The number of hydrogen-bond donors (Lipinski definition) is 0. The van der Waals surface area contributed by atoms with E-state index in [0.717, 1.165) is 36.3 Å². The number of aromatic nitrogens is 1. The van der Waals surface area contributed by atoms with E-state index in [1.54, 1.807) is 13.1 Å². The largest absolute Gasteiger partial charge is 0.372 e. The van der Waals surface area contributed by atoms with Crippen LogP contribution in [0.25, 0.3) is 0 Å². The molecular formula is C26H37NO7S. The molecule has 8 nitrogen and oxygen atoms in total. The summed E-state index contributed by atoms with van der Waals surface area (Å²) in [6.07, 6.45) is 10.0. The lowest BCUT2D eigenvalue weighted by Crippen LogP contribution is -2.51. The second-order valence-electron chi connectivity index (χ2n) is 9.76. The van der Waals surface area contributed by atoms with Gasteiger partial charge in [-0.15, -0.1) is 0 Å². The van der Waals surface area contributed by atoms with Gasteiger partial charge in [0.15, 0.2) is 5.60 Å². The molecule has 9 heteroatoms. The van der Waals surface area contributed by atoms with E-state index in [-0.39, 0.29) is 26.4 Å². The van der Waals surface area contributed by atoms with Gasteiger partial charge in [0.2, 0.25) is 5.78 Å². The Labute approximate surface area is 209 Å². The summed E-state index contributed by atoms with van der Waals surface area (Å²) in [6, 6.07) is 2.06. The van der Waals surface area contributed by atoms with Crippen LogP contribution < -0.4 is 0 Å². The number of hydrogen-bond acceptors (Lipinski definition) is 8. The van der Waals surface area contributed by atoms with Crippen molar-refractivity contribution in [1.82, 2.24) is 4.98 Å². The predicted molar refractivity (Wildman–Crippen MR) is 131 cm³/mol. The SMILES string of the molecule is COCC#CC(=O)[C@](Cc1nccc2c1C[C@H](CCC1CC1)C2)(OCOC)[C@@H](C)COS(C)(=O)=O. The van der Waals surface area contributed by atoms with Crippen LogP contribution in [0.5, 0.6) is 0 Å². The fourth-order valence-electron chi connectivity index (χ4n) is 4.73. The van der Waals surface area contributed by atoms with Crippen LogP contribution in [0.2, 0.25) is 0 Å². The third-order valence-corrected chi connectivity index (χ3v) is 7.48. The Morgan fingerprint density at radius 3 is 2.60 bits per heavy atom. The van der Waals surface area contributed by atoms with Crippen LogP contribution in [0.3, 0.4) is 0 Å². The number of ketones is 1. The molecule has 1 fully saturated rings. The summed E-state index contributed by atoms with van der Waals surface area (Å²) in [6.45, 7) is 1.40. The van der Waals surface area contributed by atoms with Gasteiger partial charge in [0, 0.05) is 38.4 Å². The van der Waals surface area contributed by atoms with Crippen molar-refractivity contribution in [3.8, 4) is 11.8 Å². The molecule has 1 saturated carbocycles. The summed E-state index contributed by atoms with van der Waals surface area (Å²) in [5.41, 5.74) is 1.69. The van der Waals surface area contributed by atoms with Gasteiger partial charge in [0.05, 0.1) is 12.9 Å². The standard InChI is InChI=1S/C26H37NO7S/c1-19(17-34-35(4,29)30)26(33-18-32-3,25(28)6-5-13-31-2)16-24-23-15-21(10-9-20-7-8-20)14-22(23)11-12-27-24/h11-12,19-21H,7-10,13-18H2,1-4H3/t19-,21+,26+/m0/s1. The zero-order valence-corrected chi connectivity index (χ0v) is 22.0. The van der Waals surface area contributed by atoms with Crippen LogP contribution in [-0.4, -0.2) is 65.3 Å². The van der Waals surface area contributed by atoms with Gasteiger partial charge in [-0.25, -0.2) is 0 Å². The van der Waals surface area contributed by atoms with E-state index in [1.165, 1.54) is 45.5 Å². The molecule has 194 valence electrons. The number of nitrogens with zero attached hydrogens (tertiary/aromatic N) is 1. The summed E-state index contributed by atoms with van der Waals surface area (Å²) < 4.78 is 44.6. The van der Waals surface area contributed by atoms with E-state index in [9.17, 15) is 13.2 Å². The summed E-state index contributed by atoms with van der Waals surface area (Å²) in [5, 5.41) is 0. The number of methoxy groups -OCH3 is 2. The number of ether oxygens (including phenoxy) is 3. The van der Waals surface area contributed by atoms with Crippen molar-refractivity contribution in [2.45, 2.75) is 57.5 Å². The Kier molecular flexibility index (Phi) is 9.85. The second kappa shape index (κ2) is 12.4. The zero-order valence-electron chi connectivity index (χ0n) is 21.2. The van der Waals surface area contributed by atoms with E-state index < -0.39 is 27.4 Å². The molecule has 35 heavy (non-hydrogen) atoms. The van der Waals surface area contributed by atoms with Gasteiger partial charge in [-0.3, -0.25) is 14.0 Å². The molecule has 1 heterocycles. The van der Waals surface area contributed by atoms with Crippen molar-refractivity contribution < 1.29 is 31.6 Å². The first-order chi connectivity index (χ1) is 16.7. The van der Waals surface area contributed by atoms with Gasteiger partial charge in [0.1, 0.15) is 13.4 Å². The number of rotatable bonds is 14. The van der Waals surface area contributed by atoms with E-state index in [2.05, 4.69) is 22.9 Å². The lowest BCUT2D eigenvalue weighted by molar-refractivity contribution is -0.172. The van der Waals surface area contributed by atoms with Gasteiger partial charge in [-0.1, -0.05) is 32.1 Å². The van der Waals surface area contributed by atoms with Crippen molar-refractivity contribution in [3.63, 3.8) is 0 Å². The van der Waals surface area contributed by atoms with Crippen molar-refractivity contribution in [1.29, 1.82) is 0 Å². The molecule has 0 N–H and O–H groups in total. The smallest absolute Gasteiger partial charge is 0.264 e. The molecule has 2 aliphatic rings. The van der Waals surface area contributed by atoms with Crippen molar-refractivity contribution in [2.75, 3.05) is 40.5 Å². The summed E-state index contributed by atoms with van der Waals surface area (Å²) >= 11 is 0. The first kappa shape index (κ1) is 27.8. The average Bonchev–Trinajstić information content (AvgIpc) is 3.55. The maximum absolute atomic E-state index is 13.5. The highest BCUT2D eigenvalue weighted by molar-refractivity contribution is 7.85. The molecule has 1 aromatic rings. The third-order valence-electron chi connectivity index (χ3n) is 6.92. The fourth-order valence-corrected chi connectivity index (χ4v) is 5.18. The van der Waals surface area contributed by atoms with Crippen molar-refractivity contribution >= 4 is 15.9 Å². The third kappa shape index (κ3) is 7.83. The van der Waals surface area contributed by atoms with Crippen LogP contribution in [0.1, 0.15) is 49.4 Å². The molecule has 1 aromatic heterocycles. The molecule has 3 atom stereocenters. The quantitative estimate of drug-likeness (QED) is 0.164. The monoisotopic (exact) mass is 507 g/mol. The molecule has 0 amide bonds. The fraction of sp³-hybridized carbons (Fsp3) is 0.692. The molecule has 0 aromatic carbocycles. The number of carbonyl (C=O) groups is 1. The Bertz CT molecular complexity index is 1040. The van der Waals surface area contributed by atoms with Crippen LogP contribution in [0.15, 0.2) is 12.3 Å². The molecule has 0 aliphatic heterocycles. The first-order valence-corrected chi connectivity index (χ1v) is 13.9. The zero-order chi connectivity index (χ0) is 25.5. The summed E-state index contributed by atoms with van der Waals surface area (Å²) in [7, 11) is -0.756. The van der Waals surface area contributed by atoms with E-state index in [1.807, 2.05) is 0 Å². The van der Waals surface area contributed by atoms with Gasteiger partial charge < -0.3 is 14.2 Å². The highest BCUT2D eigenvalue weighted by atomic mass is 32.2. The molecule has 0 saturated heterocycles. The molecule has 0 bridgehead atoms. The van der Waals surface area contributed by atoms with Crippen LogP contribution >= 0.6 is 0 Å². The van der Waals surface area contributed by atoms with Crippen LogP contribution in [0.4, 0.5) is 0 Å². The predicted octanol–water partition coefficient (Wildman–Crippen LogP) is 2.72. The topological polar surface area (TPSA) is 101 Å². The number of pyridine rings is 1. The highest BCUT2D eigenvalue weighted by Gasteiger charge is 2.46. The second-order valence-corrected chi connectivity index (χ2v) is 11.4. The highest BCUT2D eigenvalue weighted by Crippen LogP contribution is 2.39. The molecule has 2 aliphatic carbocycles. The van der Waals surface area contributed by atoms with Crippen LogP contribution in [0, 0.1) is 29.6 Å². The lowest BCUT2D eigenvalue weighted by Gasteiger charge is -2.36. The van der Waals surface area contributed by atoms with E-state index >= 15 is 0 Å². The van der Waals surface area contributed by atoms with Gasteiger partial charge in [-0.05, 0) is 54.2 Å². The number of carbonyl (C=O) groups excluding carboxylic acids is 1. The minimum atomic E-state index is -3.71. The minimum Gasteiger partial charge on any atom is -0.372 e. The average molecular weight is 508 g/mol. The molecule has 0 spiro atoms. The Hall–Kier alpha value is -1.83. The van der Waals surface area contributed by atoms with Crippen LogP contribution in [-0.2, 0) is 52.6 Å². The van der Waals surface area contributed by atoms with Gasteiger partial charge in [-0.2, -0.15) is 8.42 Å². The normalized spacial score (nSPS) is 19.9. The Morgan fingerprint density at radius 2 is 1.94 bits per heavy atom. The summed E-state index contributed by atoms with van der Waals surface area (Å²) in [4.78, 5) is 18.2. The van der Waals surface area contributed by atoms with Gasteiger partial charge >= 0.3 is 0 Å². The van der Waals surface area contributed by atoms with E-state index in [4.69, 9.17) is 18.4 Å². The Balaban J connectivity index is 1.92. The minimum absolute atomic E-state index is 0.0853. The maximum atomic E-state index is 13.5. The van der Waals surface area contributed by atoms with Gasteiger partial charge in [0.25, 0.3) is 10.1 Å². The maximum Gasteiger partial charge on any atom is 0.264 e. The molecular weight excluding hydrogens is 470 g/mol. The van der Waals surface area contributed by atoms with E-state index in [0.29, 0.717) is 5.92 Å². The molecule has 0 radical (unpaired) electrons. The molecule has 3 rings (SSSR count). The first-order valence-electron chi connectivity index (χ1n) is 12.1. The summed E-state index contributed by atoms with van der Waals surface area (Å²) in [5.74, 6) is 5.65. The lowest BCUT2D eigenvalue weighted by atomic mass is 9.80. The Morgan fingerprint density at radius 1 is 1.20 bits per heavy atom. The van der Waals surface area contributed by atoms with Crippen molar-refractivity contribution in [3.05, 3.63) is 29.1 Å².